The van der Waals surface area contributed by atoms with E-state index in [1.54, 1.807) is 7.11 Å². The third-order valence-corrected chi connectivity index (χ3v) is 4.11. The van der Waals surface area contributed by atoms with Crippen LogP contribution in [0, 0.1) is 5.92 Å². The van der Waals surface area contributed by atoms with E-state index in [4.69, 9.17) is 15.2 Å². The number of nitrogens with zero attached hydrogens (tertiary/aromatic N) is 1. The van der Waals surface area contributed by atoms with E-state index in [2.05, 4.69) is 11.8 Å². The first-order valence-electron chi connectivity index (χ1n) is 7.44. The number of methoxy groups -OCH3 is 1. The number of ether oxygens (including phenoxy) is 2. The van der Waals surface area contributed by atoms with Crippen LogP contribution in [0.3, 0.4) is 0 Å². The van der Waals surface area contributed by atoms with Crippen molar-refractivity contribution in [2.45, 2.75) is 25.8 Å². The van der Waals surface area contributed by atoms with Gasteiger partial charge in [0, 0.05) is 12.6 Å². The maximum atomic E-state index is 5.96. The minimum Gasteiger partial charge on any atom is -0.493 e. The van der Waals surface area contributed by atoms with Gasteiger partial charge in [0.2, 0.25) is 0 Å². The predicted octanol–water partition coefficient (Wildman–Crippen LogP) is 2.13. The normalized spacial score (nSPS) is 18.8. The van der Waals surface area contributed by atoms with Crippen LogP contribution < -0.4 is 15.2 Å². The van der Waals surface area contributed by atoms with Crippen molar-refractivity contribution in [3.63, 3.8) is 0 Å². The predicted molar refractivity (Wildman–Crippen MR) is 81.3 cm³/mol. The van der Waals surface area contributed by atoms with Gasteiger partial charge in [-0.25, -0.2) is 0 Å². The Balaban J connectivity index is 1.72. The molecular weight excluding hydrogens is 252 g/mol. The van der Waals surface area contributed by atoms with E-state index in [1.807, 2.05) is 24.3 Å². The zero-order chi connectivity index (χ0) is 14.4. The zero-order valence-electron chi connectivity index (χ0n) is 12.5. The van der Waals surface area contributed by atoms with Crippen LogP contribution in [0.25, 0.3) is 0 Å². The summed E-state index contributed by atoms with van der Waals surface area (Å²) in [6, 6.07) is 8.10. The van der Waals surface area contributed by atoms with Crippen molar-refractivity contribution in [1.29, 1.82) is 0 Å². The molecule has 1 aromatic carbocycles. The van der Waals surface area contributed by atoms with Crippen molar-refractivity contribution in [3.8, 4) is 11.5 Å². The molecular formula is C16H26N2O2. The van der Waals surface area contributed by atoms with Crippen molar-refractivity contribution >= 4 is 0 Å². The van der Waals surface area contributed by atoms with Gasteiger partial charge in [-0.15, -0.1) is 0 Å². The molecule has 1 saturated heterocycles. The van der Waals surface area contributed by atoms with Gasteiger partial charge in [0.15, 0.2) is 11.5 Å². The third-order valence-electron chi connectivity index (χ3n) is 4.11. The van der Waals surface area contributed by atoms with E-state index in [1.165, 1.54) is 12.8 Å². The Morgan fingerprint density at radius 3 is 2.50 bits per heavy atom. The van der Waals surface area contributed by atoms with Crippen molar-refractivity contribution in [1.82, 2.24) is 4.90 Å². The number of hydrogen-bond acceptors (Lipinski definition) is 4. The molecule has 20 heavy (non-hydrogen) atoms. The summed E-state index contributed by atoms with van der Waals surface area (Å²) < 4.78 is 11.1. The largest absolute Gasteiger partial charge is 0.493 e. The molecule has 1 atom stereocenters. The molecule has 0 spiro atoms. The van der Waals surface area contributed by atoms with Gasteiger partial charge >= 0.3 is 0 Å². The van der Waals surface area contributed by atoms with Gasteiger partial charge in [0.25, 0.3) is 0 Å². The van der Waals surface area contributed by atoms with Gasteiger partial charge in [-0.3, -0.25) is 4.90 Å². The molecule has 0 saturated carbocycles. The Bertz CT molecular complexity index is 401. The maximum absolute atomic E-state index is 5.96. The van der Waals surface area contributed by atoms with E-state index in [9.17, 15) is 0 Å². The second-order valence-corrected chi connectivity index (χ2v) is 5.54. The van der Waals surface area contributed by atoms with Gasteiger partial charge < -0.3 is 15.2 Å². The van der Waals surface area contributed by atoms with Gasteiger partial charge in [0.1, 0.15) is 6.61 Å². The Kier molecular flexibility index (Phi) is 5.68. The summed E-state index contributed by atoms with van der Waals surface area (Å²) in [7, 11) is 1.67. The lowest BCUT2D eigenvalue weighted by Crippen LogP contribution is -2.41. The first-order chi connectivity index (χ1) is 9.70. The highest BCUT2D eigenvalue weighted by Gasteiger charge is 2.21. The number of likely N-dealkylation sites (tertiary alicyclic amines) is 1. The first kappa shape index (κ1) is 15.1. The van der Waals surface area contributed by atoms with Crippen molar-refractivity contribution in [3.05, 3.63) is 24.3 Å². The summed E-state index contributed by atoms with van der Waals surface area (Å²) in [4.78, 5) is 2.45. The molecule has 2 rings (SSSR count). The lowest BCUT2D eigenvalue weighted by atomic mass is 9.91. The quantitative estimate of drug-likeness (QED) is 0.866. The Morgan fingerprint density at radius 2 is 1.90 bits per heavy atom. The van der Waals surface area contributed by atoms with Crippen LogP contribution in [0.5, 0.6) is 11.5 Å². The van der Waals surface area contributed by atoms with Gasteiger partial charge in [-0.1, -0.05) is 12.1 Å². The second-order valence-electron chi connectivity index (χ2n) is 5.54. The van der Waals surface area contributed by atoms with Crippen LogP contribution in [0.4, 0.5) is 0 Å². The molecule has 1 aromatic rings. The van der Waals surface area contributed by atoms with Crippen molar-refractivity contribution < 1.29 is 9.47 Å². The Labute approximate surface area is 121 Å². The summed E-state index contributed by atoms with van der Waals surface area (Å²) in [5.74, 6) is 2.30. The average Bonchev–Trinajstić information content (AvgIpc) is 2.48. The van der Waals surface area contributed by atoms with E-state index in [-0.39, 0.29) is 0 Å². The summed E-state index contributed by atoms with van der Waals surface area (Å²) in [6.07, 6.45) is 2.40. The molecule has 0 aromatic heterocycles. The molecule has 1 fully saturated rings. The monoisotopic (exact) mass is 278 g/mol. The first-order valence-corrected chi connectivity index (χ1v) is 7.44. The van der Waals surface area contributed by atoms with Crippen LogP contribution in [0.1, 0.15) is 19.8 Å². The molecule has 2 N–H and O–H groups in total. The number of piperidine rings is 1. The van der Waals surface area contributed by atoms with Crippen LogP contribution >= 0.6 is 0 Å². The summed E-state index contributed by atoms with van der Waals surface area (Å²) >= 11 is 0. The molecule has 1 aliphatic rings. The molecule has 0 bridgehead atoms. The average molecular weight is 278 g/mol. The highest BCUT2D eigenvalue weighted by Crippen LogP contribution is 2.26. The summed E-state index contributed by atoms with van der Waals surface area (Å²) in [5.41, 5.74) is 5.96. The van der Waals surface area contributed by atoms with Gasteiger partial charge in [0.05, 0.1) is 7.11 Å². The lowest BCUT2D eigenvalue weighted by molar-refractivity contribution is 0.145. The lowest BCUT2D eigenvalue weighted by Gasteiger charge is -2.33. The molecule has 0 radical (unpaired) electrons. The summed E-state index contributed by atoms with van der Waals surface area (Å²) in [5, 5.41) is 0. The van der Waals surface area contributed by atoms with Gasteiger partial charge in [-0.05, 0) is 50.9 Å². The topological polar surface area (TPSA) is 47.7 Å². The molecule has 0 amide bonds. The number of hydrogen-bond donors (Lipinski definition) is 1. The van der Waals surface area contributed by atoms with Gasteiger partial charge in [-0.2, -0.15) is 0 Å². The third kappa shape index (κ3) is 4.12. The molecule has 112 valence electrons. The SMILES string of the molecule is COc1ccccc1OCCN1CCC(C(C)N)CC1. The molecule has 4 nitrogen and oxygen atoms in total. The van der Waals surface area contributed by atoms with E-state index in [0.717, 1.165) is 31.1 Å². The fourth-order valence-electron chi connectivity index (χ4n) is 2.73. The fraction of sp³-hybridized carbons (Fsp3) is 0.625. The molecule has 1 heterocycles. The number of benzene rings is 1. The second kappa shape index (κ2) is 7.50. The highest BCUT2D eigenvalue weighted by molar-refractivity contribution is 5.39. The van der Waals surface area contributed by atoms with Crippen LogP contribution in [-0.2, 0) is 0 Å². The minimum atomic E-state index is 0.321. The van der Waals surface area contributed by atoms with E-state index < -0.39 is 0 Å². The highest BCUT2D eigenvalue weighted by atomic mass is 16.5. The van der Waals surface area contributed by atoms with Crippen LogP contribution in [-0.4, -0.2) is 44.3 Å². The molecule has 4 heteroatoms. The molecule has 1 unspecified atom stereocenters. The molecule has 0 aliphatic carbocycles. The van der Waals surface area contributed by atoms with Crippen molar-refractivity contribution in [2.24, 2.45) is 11.7 Å². The standard InChI is InChI=1S/C16H26N2O2/c1-13(17)14-7-9-18(10-8-14)11-12-20-16-6-4-3-5-15(16)19-2/h3-6,13-14H,7-12,17H2,1-2H3. The Hall–Kier alpha value is -1.26. The van der Waals surface area contributed by atoms with E-state index >= 15 is 0 Å². The molecule has 1 aliphatic heterocycles. The van der Waals surface area contributed by atoms with Crippen molar-refractivity contribution in [2.75, 3.05) is 33.4 Å². The van der Waals surface area contributed by atoms with E-state index in [0.29, 0.717) is 18.6 Å². The maximum Gasteiger partial charge on any atom is 0.161 e. The Morgan fingerprint density at radius 1 is 1.25 bits per heavy atom. The fourth-order valence-corrected chi connectivity index (χ4v) is 2.73. The number of rotatable bonds is 6. The summed E-state index contributed by atoms with van der Waals surface area (Å²) in [6.45, 7) is 6.03. The zero-order valence-corrected chi connectivity index (χ0v) is 12.5. The number of nitrogens with two attached hydrogens (primary N) is 1. The van der Waals surface area contributed by atoms with Crippen LogP contribution in [0.2, 0.25) is 0 Å². The number of para-hydroxylation sites is 2. The minimum absolute atomic E-state index is 0.321. The smallest absolute Gasteiger partial charge is 0.161 e. The van der Waals surface area contributed by atoms with Crippen LogP contribution in [0.15, 0.2) is 24.3 Å².